The molecule has 1 aliphatic heterocycles. The van der Waals surface area contributed by atoms with E-state index < -0.39 is 6.04 Å². The summed E-state index contributed by atoms with van der Waals surface area (Å²) in [4.78, 5) is 18.8. The van der Waals surface area contributed by atoms with Gasteiger partial charge >= 0.3 is 5.97 Å². The zero-order valence-electron chi connectivity index (χ0n) is 26.9. The fourth-order valence-electron chi connectivity index (χ4n) is 6.00. The summed E-state index contributed by atoms with van der Waals surface area (Å²) in [6.07, 6.45) is 5.03. The molecular formula is C37H41ClN4O3S. The maximum atomic E-state index is 14.0. The van der Waals surface area contributed by atoms with Crippen molar-refractivity contribution in [3.63, 3.8) is 0 Å². The maximum absolute atomic E-state index is 14.0. The number of hydrogen-bond donors (Lipinski definition) is 1. The second-order valence-electron chi connectivity index (χ2n) is 13.0. The third kappa shape index (κ3) is 7.29. The van der Waals surface area contributed by atoms with Crippen LogP contribution in [0.5, 0.6) is 5.75 Å². The van der Waals surface area contributed by atoms with Gasteiger partial charge in [-0.3, -0.25) is 0 Å². The predicted octanol–water partition coefficient (Wildman–Crippen LogP) is 9.27. The Kier molecular flexibility index (Phi) is 9.76. The van der Waals surface area contributed by atoms with Crippen LogP contribution >= 0.6 is 23.4 Å². The molecule has 0 spiro atoms. The summed E-state index contributed by atoms with van der Waals surface area (Å²) in [5.41, 5.74) is 5.45. The average molecular weight is 657 g/mol. The number of aromatic nitrogens is 3. The van der Waals surface area contributed by atoms with Crippen molar-refractivity contribution in [1.82, 2.24) is 14.8 Å². The van der Waals surface area contributed by atoms with E-state index in [1.54, 1.807) is 4.68 Å². The first-order valence-electron chi connectivity index (χ1n) is 16.0. The first-order valence-corrected chi connectivity index (χ1v) is 17.4. The molecule has 6 rings (SSSR count). The molecule has 1 N–H and O–H groups in total. The van der Waals surface area contributed by atoms with Gasteiger partial charge in [0, 0.05) is 22.0 Å². The van der Waals surface area contributed by atoms with Gasteiger partial charge in [-0.15, -0.1) is 5.10 Å². The van der Waals surface area contributed by atoms with Gasteiger partial charge in [0.1, 0.15) is 24.5 Å². The molecule has 1 aliphatic carbocycles. The molecule has 1 saturated carbocycles. The third-order valence-electron chi connectivity index (χ3n) is 8.62. The number of carbonyl (C=O) groups excluding carboxylic acids is 1. The molecule has 240 valence electrons. The van der Waals surface area contributed by atoms with Crippen molar-refractivity contribution in [2.75, 3.05) is 5.32 Å². The van der Waals surface area contributed by atoms with E-state index in [2.05, 4.69) is 50.4 Å². The highest BCUT2D eigenvalue weighted by Crippen LogP contribution is 2.41. The normalized spacial score (nSPS) is 16.9. The molecule has 3 aromatic carbocycles. The number of carbonyl (C=O) groups is 1. The molecular weight excluding hydrogens is 616 g/mol. The Bertz CT molecular complexity index is 1720. The van der Waals surface area contributed by atoms with Crippen molar-refractivity contribution < 1.29 is 14.3 Å². The molecule has 9 heteroatoms. The molecule has 0 saturated heterocycles. The molecule has 1 atom stereocenters. The van der Waals surface area contributed by atoms with E-state index in [9.17, 15) is 4.79 Å². The summed E-state index contributed by atoms with van der Waals surface area (Å²) < 4.78 is 14.4. The first kappa shape index (κ1) is 32.2. The van der Waals surface area contributed by atoms with E-state index in [0.29, 0.717) is 45.5 Å². The number of halogens is 1. The standard InChI is InChI=1S/C37H41ClN4O3S/c1-24-32(34(43)45-28-13-6-5-7-14-28)33(42-35(39-24)40-36(41-42)46-23-26-12-8-10-16-30(26)38)29-15-9-11-17-31(29)44-22-25-18-20-27(21-19-25)37(2,3)4/h8-12,15-21,28,33H,5-7,13-14,22-23H2,1-4H3,(H,39,40,41). The first-order chi connectivity index (χ1) is 22.2. The number of para-hydroxylation sites is 1. The molecule has 1 aromatic heterocycles. The smallest absolute Gasteiger partial charge is 0.338 e. The Morgan fingerprint density at radius 3 is 2.46 bits per heavy atom. The minimum absolute atomic E-state index is 0.0772. The highest BCUT2D eigenvalue weighted by atomic mass is 35.5. The van der Waals surface area contributed by atoms with E-state index in [-0.39, 0.29) is 17.5 Å². The molecule has 1 fully saturated rings. The summed E-state index contributed by atoms with van der Waals surface area (Å²) in [5, 5.41) is 9.56. The van der Waals surface area contributed by atoms with Gasteiger partial charge in [-0.25, -0.2) is 9.48 Å². The predicted molar refractivity (Wildman–Crippen MR) is 184 cm³/mol. The summed E-state index contributed by atoms with van der Waals surface area (Å²) in [6, 6.07) is 23.6. The van der Waals surface area contributed by atoms with Crippen LogP contribution in [0.4, 0.5) is 5.95 Å². The Hall–Kier alpha value is -3.75. The lowest BCUT2D eigenvalue weighted by Gasteiger charge is -2.30. The summed E-state index contributed by atoms with van der Waals surface area (Å²) in [6.45, 7) is 8.91. The lowest BCUT2D eigenvalue weighted by atomic mass is 9.87. The van der Waals surface area contributed by atoms with Gasteiger partial charge in [0.25, 0.3) is 0 Å². The van der Waals surface area contributed by atoms with Crippen LogP contribution < -0.4 is 10.1 Å². The van der Waals surface area contributed by atoms with Crippen molar-refractivity contribution in [1.29, 1.82) is 0 Å². The zero-order valence-corrected chi connectivity index (χ0v) is 28.5. The number of allylic oxidation sites excluding steroid dienone is 1. The molecule has 7 nitrogen and oxygen atoms in total. The monoisotopic (exact) mass is 656 g/mol. The SMILES string of the molecule is CC1=C(C(=O)OC2CCCCC2)C(c2ccccc2OCc2ccc(C(C)(C)C)cc2)n2nc(SCc3ccccc3Cl)nc2N1. The van der Waals surface area contributed by atoms with E-state index in [1.165, 1.54) is 23.7 Å². The van der Waals surface area contributed by atoms with E-state index in [1.807, 2.05) is 55.5 Å². The highest BCUT2D eigenvalue weighted by Gasteiger charge is 2.38. The molecule has 2 aliphatic rings. The van der Waals surface area contributed by atoms with Gasteiger partial charge in [0.2, 0.25) is 11.1 Å². The maximum Gasteiger partial charge on any atom is 0.338 e. The van der Waals surface area contributed by atoms with Gasteiger partial charge in [-0.1, -0.05) is 111 Å². The number of ether oxygens (including phenoxy) is 2. The fraction of sp³-hybridized carbons (Fsp3) is 0.378. The number of benzene rings is 3. The van der Waals surface area contributed by atoms with Crippen LogP contribution in [0, 0.1) is 0 Å². The summed E-state index contributed by atoms with van der Waals surface area (Å²) in [7, 11) is 0. The minimum atomic E-state index is -0.589. The minimum Gasteiger partial charge on any atom is -0.489 e. The Balaban J connectivity index is 1.32. The number of rotatable bonds is 9. The van der Waals surface area contributed by atoms with Crippen LogP contribution in [-0.2, 0) is 27.3 Å². The summed E-state index contributed by atoms with van der Waals surface area (Å²) >= 11 is 7.92. The Morgan fingerprint density at radius 1 is 1.00 bits per heavy atom. The van der Waals surface area contributed by atoms with Crippen molar-refractivity contribution >= 4 is 35.3 Å². The average Bonchev–Trinajstić information content (AvgIpc) is 3.45. The number of hydrogen-bond acceptors (Lipinski definition) is 7. The van der Waals surface area contributed by atoms with E-state index in [0.717, 1.165) is 42.4 Å². The van der Waals surface area contributed by atoms with Crippen LogP contribution in [0.2, 0.25) is 5.02 Å². The van der Waals surface area contributed by atoms with Gasteiger partial charge < -0.3 is 14.8 Å². The van der Waals surface area contributed by atoms with Crippen LogP contribution in [0.25, 0.3) is 0 Å². The number of esters is 1. The molecule has 4 aromatic rings. The number of anilines is 1. The van der Waals surface area contributed by atoms with Crippen LogP contribution in [0.3, 0.4) is 0 Å². The van der Waals surface area contributed by atoms with Crippen molar-refractivity contribution in [2.45, 2.75) is 94.9 Å². The van der Waals surface area contributed by atoms with Crippen LogP contribution in [0.15, 0.2) is 89.2 Å². The van der Waals surface area contributed by atoms with Crippen LogP contribution in [-0.4, -0.2) is 26.8 Å². The molecule has 1 unspecified atom stereocenters. The summed E-state index contributed by atoms with van der Waals surface area (Å²) in [5.74, 6) is 1.52. The van der Waals surface area contributed by atoms with E-state index >= 15 is 0 Å². The number of thioether (sulfide) groups is 1. The van der Waals surface area contributed by atoms with Crippen LogP contribution in [0.1, 0.15) is 88.1 Å². The van der Waals surface area contributed by atoms with Gasteiger partial charge in [-0.05, 0) is 66.8 Å². The zero-order chi connectivity index (χ0) is 32.3. The third-order valence-corrected chi connectivity index (χ3v) is 9.88. The molecule has 2 heterocycles. The van der Waals surface area contributed by atoms with Crippen molar-refractivity contribution in [3.05, 3.63) is 111 Å². The largest absolute Gasteiger partial charge is 0.489 e. The second kappa shape index (κ2) is 13.9. The Labute approximate surface area is 280 Å². The Morgan fingerprint density at radius 2 is 1.72 bits per heavy atom. The van der Waals surface area contributed by atoms with E-state index in [4.69, 9.17) is 31.2 Å². The number of nitrogens with zero attached hydrogens (tertiary/aromatic N) is 3. The van der Waals surface area contributed by atoms with Crippen molar-refractivity contribution in [3.8, 4) is 5.75 Å². The van der Waals surface area contributed by atoms with Gasteiger partial charge in [-0.2, -0.15) is 4.98 Å². The molecule has 0 bridgehead atoms. The molecule has 46 heavy (non-hydrogen) atoms. The topological polar surface area (TPSA) is 78.3 Å². The number of fused-ring (bicyclic) bond motifs is 1. The quantitative estimate of drug-likeness (QED) is 0.142. The fourth-order valence-corrected chi connectivity index (χ4v) is 7.11. The lowest BCUT2D eigenvalue weighted by molar-refractivity contribution is -0.146. The number of nitrogens with one attached hydrogen (secondary N) is 1. The van der Waals surface area contributed by atoms with Gasteiger partial charge in [0.05, 0.1) is 5.57 Å². The van der Waals surface area contributed by atoms with Gasteiger partial charge in [0.15, 0.2) is 0 Å². The van der Waals surface area contributed by atoms with Crippen molar-refractivity contribution in [2.24, 2.45) is 0 Å². The highest BCUT2D eigenvalue weighted by molar-refractivity contribution is 7.98. The lowest BCUT2D eigenvalue weighted by Crippen LogP contribution is -2.32. The molecule has 0 amide bonds. The molecule has 0 radical (unpaired) electrons. The second-order valence-corrected chi connectivity index (χ2v) is 14.4.